The van der Waals surface area contributed by atoms with Gasteiger partial charge in [0.05, 0.1) is 30.8 Å². The number of hydrogen-bond acceptors (Lipinski definition) is 9. The molecule has 0 bridgehead atoms. The van der Waals surface area contributed by atoms with Gasteiger partial charge in [0, 0.05) is 49.0 Å². The molecule has 2 aliphatic rings. The fraction of sp³-hybridized carbons (Fsp3) is 0.219. The maximum absolute atomic E-state index is 13.9. The topological polar surface area (TPSA) is 157 Å². The zero-order valence-electron chi connectivity index (χ0n) is 24.6. The first kappa shape index (κ1) is 29.5. The van der Waals surface area contributed by atoms with Gasteiger partial charge in [-0.05, 0) is 35.4 Å². The largest absolute Gasteiger partial charge is 0.400 e. The minimum absolute atomic E-state index is 0.0383. The zero-order valence-corrected chi connectivity index (χ0v) is 24.6. The molecule has 2 saturated heterocycles. The number of nitrogens with one attached hydrogen (secondary N) is 1. The van der Waals surface area contributed by atoms with E-state index in [2.05, 4.69) is 15.3 Å². The SMILES string of the molecule is N/C(=C\N(N)c1ccncc1)CN1CC(=O)N2CC(=O)N(Cc3cccc4ncccc34)CC2N1C(=O)NCc1ccccc1. The standard InChI is InChI=1S/C32H34N10O3/c33-25(19-41(34)26-11-14-35-15-12-26)18-39-21-31(44)40-22-30(43)38(17-24-8-4-10-28-27(24)9-5-13-36-28)20-29(40)42(39)32(45)37-16-23-6-2-1-3-7-23/h1-15,19,29H,16-18,20-22,33-34H2,(H,37,45)/b25-19-. The molecule has 4 aromatic rings. The van der Waals surface area contributed by atoms with Gasteiger partial charge in [0.25, 0.3) is 0 Å². The third kappa shape index (κ3) is 6.54. The summed E-state index contributed by atoms with van der Waals surface area (Å²) in [5.41, 5.74) is 10.1. The zero-order chi connectivity index (χ0) is 31.3. The van der Waals surface area contributed by atoms with Crippen molar-refractivity contribution < 1.29 is 14.4 Å². The van der Waals surface area contributed by atoms with Crippen LogP contribution in [0.1, 0.15) is 11.1 Å². The van der Waals surface area contributed by atoms with Crippen LogP contribution in [0.2, 0.25) is 0 Å². The van der Waals surface area contributed by atoms with Crippen molar-refractivity contribution in [3.05, 3.63) is 114 Å². The second-order valence-electron chi connectivity index (χ2n) is 10.9. The summed E-state index contributed by atoms with van der Waals surface area (Å²) in [5, 5.41) is 8.38. The summed E-state index contributed by atoms with van der Waals surface area (Å²) in [5.74, 6) is 5.72. The molecule has 0 radical (unpaired) electrons. The predicted molar refractivity (Wildman–Crippen MR) is 168 cm³/mol. The Labute approximate surface area is 260 Å². The first-order chi connectivity index (χ1) is 21.9. The molecule has 0 saturated carbocycles. The number of hydrazine groups is 2. The van der Waals surface area contributed by atoms with Gasteiger partial charge in [-0.2, -0.15) is 5.01 Å². The Morgan fingerprint density at radius 2 is 1.76 bits per heavy atom. The van der Waals surface area contributed by atoms with Gasteiger partial charge in [-0.25, -0.2) is 15.6 Å². The van der Waals surface area contributed by atoms with E-state index in [-0.39, 0.29) is 44.5 Å². The van der Waals surface area contributed by atoms with E-state index in [1.807, 2.05) is 60.7 Å². The van der Waals surface area contributed by atoms with Gasteiger partial charge in [-0.15, -0.1) is 0 Å². The van der Waals surface area contributed by atoms with Gasteiger partial charge in [0.1, 0.15) is 12.7 Å². The Morgan fingerprint density at radius 3 is 2.56 bits per heavy atom. The average molecular weight is 607 g/mol. The van der Waals surface area contributed by atoms with Crippen molar-refractivity contribution in [3.8, 4) is 0 Å². The lowest BCUT2D eigenvalue weighted by Crippen LogP contribution is -2.74. The highest BCUT2D eigenvalue weighted by Crippen LogP contribution is 2.26. The van der Waals surface area contributed by atoms with Crippen molar-refractivity contribution in [2.45, 2.75) is 19.3 Å². The van der Waals surface area contributed by atoms with E-state index in [4.69, 9.17) is 11.6 Å². The quantitative estimate of drug-likeness (QED) is 0.201. The van der Waals surface area contributed by atoms with Crippen molar-refractivity contribution in [3.63, 3.8) is 0 Å². The van der Waals surface area contributed by atoms with Gasteiger partial charge in [0.2, 0.25) is 11.8 Å². The maximum Gasteiger partial charge on any atom is 0.334 e. The monoisotopic (exact) mass is 606 g/mol. The molecule has 2 aromatic carbocycles. The second-order valence-corrected chi connectivity index (χ2v) is 10.9. The third-order valence-electron chi connectivity index (χ3n) is 7.85. The van der Waals surface area contributed by atoms with Crippen LogP contribution in [0.3, 0.4) is 0 Å². The van der Waals surface area contributed by atoms with Crippen molar-refractivity contribution in [1.82, 2.24) is 35.1 Å². The molecule has 45 heavy (non-hydrogen) atoms. The number of aromatic nitrogens is 2. The number of carbonyl (C=O) groups is 3. The van der Waals surface area contributed by atoms with Gasteiger partial charge in [0.15, 0.2) is 0 Å². The Hall–Kier alpha value is -5.53. The van der Waals surface area contributed by atoms with E-state index in [0.29, 0.717) is 17.9 Å². The lowest BCUT2D eigenvalue weighted by Gasteiger charge is -2.52. The number of amides is 4. The fourth-order valence-electron chi connectivity index (χ4n) is 5.66. The smallest absolute Gasteiger partial charge is 0.334 e. The van der Waals surface area contributed by atoms with E-state index < -0.39 is 12.2 Å². The lowest BCUT2D eigenvalue weighted by molar-refractivity contribution is -0.181. The molecule has 13 heteroatoms. The molecule has 4 amide bonds. The Bertz CT molecular complexity index is 1710. The van der Waals surface area contributed by atoms with E-state index >= 15 is 0 Å². The normalized spacial score (nSPS) is 17.4. The highest BCUT2D eigenvalue weighted by molar-refractivity contribution is 5.89. The van der Waals surface area contributed by atoms with Crippen LogP contribution in [0.15, 0.2) is 103 Å². The minimum atomic E-state index is -0.755. The third-order valence-corrected chi connectivity index (χ3v) is 7.85. The van der Waals surface area contributed by atoms with E-state index in [0.717, 1.165) is 22.0 Å². The number of anilines is 1. The lowest BCUT2D eigenvalue weighted by atomic mass is 10.1. The molecule has 4 heterocycles. The Balaban J connectivity index is 1.27. The first-order valence-electron chi connectivity index (χ1n) is 14.5. The van der Waals surface area contributed by atoms with Crippen LogP contribution in [-0.4, -0.2) is 80.0 Å². The molecule has 1 atom stereocenters. The highest BCUT2D eigenvalue weighted by Gasteiger charge is 2.46. The number of nitrogens with zero attached hydrogens (tertiary/aromatic N) is 7. The number of pyridine rings is 2. The van der Waals surface area contributed by atoms with E-state index in [9.17, 15) is 14.4 Å². The number of carbonyl (C=O) groups excluding carboxylic acids is 3. The van der Waals surface area contributed by atoms with Gasteiger partial charge in [-0.3, -0.25) is 24.6 Å². The van der Waals surface area contributed by atoms with Gasteiger partial charge < -0.3 is 20.9 Å². The molecule has 1 unspecified atom stereocenters. The molecular formula is C32H34N10O3. The second kappa shape index (κ2) is 13.0. The summed E-state index contributed by atoms with van der Waals surface area (Å²) < 4.78 is 0. The summed E-state index contributed by atoms with van der Waals surface area (Å²) in [6, 6.07) is 22.2. The first-order valence-corrected chi connectivity index (χ1v) is 14.5. The molecule has 13 nitrogen and oxygen atoms in total. The van der Waals surface area contributed by atoms with Crippen LogP contribution in [-0.2, 0) is 22.7 Å². The summed E-state index contributed by atoms with van der Waals surface area (Å²) in [6.07, 6.45) is 5.74. The van der Waals surface area contributed by atoms with Crippen molar-refractivity contribution in [1.29, 1.82) is 0 Å². The average Bonchev–Trinajstić information content (AvgIpc) is 3.05. The van der Waals surface area contributed by atoms with Crippen LogP contribution in [0.4, 0.5) is 10.5 Å². The van der Waals surface area contributed by atoms with Crippen LogP contribution in [0.25, 0.3) is 10.9 Å². The fourth-order valence-corrected chi connectivity index (χ4v) is 5.66. The predicted octanol–water partition coefficient (Wildman–Crippen LogP) is 1.75. The summed E-state index contributed by atoms with van der Waals surface area (Å²) in [6.45, 7) is 0.436. The number of hydrogen-bond donors (Lipinski definition) is 3. The number of rotatable bonds is 8. The summed E-state index contributed by atoms with van der Waals surface area (Å²) >= 11 is 0. The van der Waals surface area contributed by atoms with Crippen molar-refractivity contribution >= 4 is 34.4 Å². The number of fused-ring (bicyclic) bond motifs is 2. The molecule has 2 aliphatic heterocycles. The van der Waals surface area contributed by atoms with Crippen molar-refractivity contribution in [2.75, 3.05) is 31.2 Å². The molecule has 6 rings (SSSR count). The summed E-state index contributed by atoms with van der Waals surface area (Å²) in [4.78, 5) is 52.3. The Kier molecular flexibility index (Phi) is 8.53. The van der Waals surface area contributed by atoms with Crippen LogP contribution in [0, 0.1) is 0 Å². The molecule has 0 aliphatic carbocycles. The highest BCUT2D eigenvalue weighted by atomic mass is 16.2. The Morgan fingerprint density at radius 1 is 0.956 bits per heavy atom. The minimum Gasteiger partial charge on any atom is -0.400 e. The van der Waals surface area contributed by atoms with Crippen LogP contribution >= 0.6 is 0 Å². The number of benzene rings is 2. The van der Waals surface area contributed by atoms with Gasteiger partial charge >= 0.3 is 6.03 Å². The van der Waals surface area contributed by atoms with Crippen LogP contribution in [0.5, 0.6) is 0 Å². The molecule has 5 N–H and O–H groups in total. The molecule has 2 fully saturated rings. The summed E-state index contributed by atoms with van der Waals surface area (Å²) in [7, 11) is 0. The van der Waals surface area contributed by atoms with Crippen molar-refractivity contribution in [2.24, 2.45) is 11.6 Å². The molecule has 0 spiro atoms. The molecule has 2 aromatic heterocycles. The number of nitrogens with two attached hydrogens (primary N) is 2. The molecule has 230 valence electrons. The number of urea groups is 1. The van der Waals surface area contributed by atoms with Gasteiger partial charge in [-0.1, -0.05) is 48.5 Å². The maximum atomic E-state index is 13.9. The van der Waals surface area contributed by atoms with E-state index in [1.165, 1.54) is 21.1 Å². The van der Waals surface area contributed by atoms with E-state index in [1.54, 1.807) is 40.6 Å². The van der Waals surface area contributed by atoms with Crippen LogP contribution < -0.4 is 21.9 Å². The number of piperazine rings is 1. The molecular weight excluding hydrogens is 572 g/mol.